The van der Waals surface area contributed by atoms with E-state index in [1.54, 1.807) is 6.07 Å². The van der Waals surface area contributed by atoms with Gasteiger partial charge in [0.05, 0.1) is 6.07 Å². The van der Waals surface area contributed by atoms with E-state index in [-0.39, 0.29) is 18.5 Å². The van der Waals surface area contributed by atoms with Crippen LogP contribution in [0.4, 0.5) is 0 Å². The van der Waals surface area contributed by atoms with Crippen molar-refractivity contribution in [3.63, 3.8) is 0 Å². The summed E-state index contributed by atoms with van der Waals surface area (Å²) in [7, 11) is -3.50. The molecule has 0 radical (unpaired) electrons. The standard InChI is InChI=1S/C7H11N3O3S/c8-3-4-14(12,13)9-5-6-1-2-7(11)10-6/h6,9H,1-2,4-5H2,(H,10,11). The first kappa shape index (κ1) is 10.9. The summed E-state index contributed by atoms with van der Waals surface area (Å²) >= 11 is 0. The lowest BCUT2D eigenvalue weighted by Gasteiger charge is -2.09. The van der Waals surface area contributed by atoms with Gasteiger partial charge in [-0.25, -0.2) is 13.1 Å². The average Bonchev–Trinajstić information content (AvgIpc) is 2.48. The predicted octanol–water partition coefficient (Wildman–Crippen LogP) is -1.29. The highest BCUT2D eigenvalue weighted by Crippen LogP contribution is 2.05. The molecular formula is C7H11N3O3S. The van der Waals surface area contributed by atoms with E-state index in [1.165, 1.54) is 0 Å². The van der Waals surface area contributed by atoms with Crippen molar-refractivity contribution < 1.29 is 13.2 Å². The first-order valence-corrected chi connectivity index (χ1v) is 5.82. The molecule has 1 fully saturated rings. The second-order valence-corrected chi connectivity index (χ2v) is 4.88. The van der Waals surface area contributed by atoms with E-state index >= 15 is 0 Å². The molecule has 1 saturated heterocycles. The molecule has 0 saturated carbocycles. The lowest BCUT2D eigenvalue weighted by Crippen LogP contribution is -2.39. The normalized spacial score (nSPS) is 21.6. The Morgan fingerprint density at radius 3 is 2.86 bits per heavy atom. The fraction of sp³-hybridized carbons (Fsp3) is 0.714. The van der Waals surface area contributed by atoms with Crippen LogP contribution in [0.1, 0.15) is 12.8 Å². The molecule has 0 aliphatic carbocycles. The van der Waals surface area contributed by atoms with Crippen LogP contribution in [0.2, 0.25) is 0 Å². The Labute approximate surface area is 82.3 Å². The van der Waals surface area contributed by atoms with Crippen LogP contribution in [0, 0.1) is 11.3 Å². The van der Waals surface area contributed by atoms with Gasteiger partial charge in [0.2, 0.25) is 15.9 Å². The summed E-state index contributed by atoms with van der Waals surface area (Å²) < 4.78 is 24.3. The highest BCUT2D eigenvalue weighted by Gasteiger charge is 2.22. The van der Waals surface area contributed by atoms with Crippen molar-refractivity contribution >= 4 is 15.9 Å². The van der Waals surface area contributed by atoms with Crippen molar-refractivity contribution in [1.82, 2.24) is 10.0 Å². The molecular weight excluding hydrogens is 206 g/mol. The number of amides is 1. The van der Waals surface area contributed by atoms with Gasteiger partial charge in [0.15, 0.2) is 5.75 Å². The van der Waals surface area contributed by atoms with Crippen LogP contribution in [0.3, 0.4) is 0 Å². The molecule has 14 heavy (non-hydrogen) atoms. The quantitative estimate of drug-likeness (QED) is 0.612. The molecule has 7 heteroatoms. The van der Waals surface area contributed by atoms with E-state index in [9.17, 15) is 13.2 Å². The third-order valence-corrected chi connectivity index (χ3v) is 3.00. The molecule has 1 unspecified atom stereocenters. The maximum absolute atomic E-state index is 11.0. The van der Waals surface area contributed by atoms with Crippen molar-refractivity contribution in [1.29, 1.82) is 5.26 Å². The zero-order valence-electron chi connectivity index (χ0n) is 7.49. The van der Waals surface area contributed by atoms with Crippen molar-refractivity contribution in [2.45, 2.75) is 18.9 Å². The van der Waals surface area contributed by atoms with E-state index in [4.69, 9.17) is 5.26 Å². The smallest absolute Gasteiger partial charge is 0.225 e. The molecule has 1 aliphatic heterocycles. The molecule has 2 N–H and O–H groups in total. The van der Waals surface area contributed by atoms with E-state index in [2.05, 4.69) is 10.0 Å². The summed E-state index contributed by atoms with van der Waals surface area (Å²) in [4.78, 5) is 10.8. The van der Waals surface area contributed by atoms with Gasteiger partial charge >= 0.3 is 0 Å². The SMILES string of the molecule is N#CCS(=O)(=O)NCC1CCC(=O)N1. The van der Waals surface area contributed by atoms with Crippen LogP contribution < -0.4 is 10.0 Å². The molecule has 1 heterocycles. The molecule has 0 aromatic heterocycles. The Kier molecular flexibility index (Phi) is 3.43. The number of hydrogen-bond donors (Lipinski definition) is 2. The fourth-order valence-corrected chi connectivity index (χ4v) is 1.92. The summed E-state index contributed by atoms with van der Waals surface area (Å²) in [6, 6.07) is 1.41. The van der Waals surface area contributed by atoms with Crippen molar-refractivity contribution in [2.24, 2.45) is 0 Å². The highest BCUT2D eigenvalue weighted by atomic mass is 32.2. The largest absolute Gasteiger partial charge is 0.352 e. The molecule has 1 rings (SSSR count). The van der Waals surface area contributed by atoms with Crippen molar-refractivity contribution in [3.8, 4) is 6.07 Å². The second-order valence-electron chi connectivity index (χ2n) is 3.07. The van der Waals surface area contributed by atoms with Crippen LogP contribution in [0.25, 0.3) is 0 Å². The number of hydrogen-bond acceptors (Lipinski definition) is 4. The third kappa shape index (κ3) is 3.32. The molecule has 1 aliphatic rings. The van der Waals surface area contributed by atoms with Gasteiger partial charge in [-0.05, 0) is 6.42 Å². The van der Waals surface area contributed by atoms with E-state index in [1.807, 2.05) is 0 Å². The van der Waals surface area contributed by atoms with Crippen molar-refractivity contribution in [2.75, 3.05) is 12.3 Å². The maximum atomic E-state index is 11.0. The van der Waals surface area contributed by atoms with Gasteiger partial charge in [-0.3, -0.25) is 4.79 Å². The number of nitriles is 1. The Hall–Kier alpha value is -1.13. The van der Waals surface area contributed by atoms with E-state index in [0.29, 0.717) is 12.8 Å². The Morgan fingerprint density at radius 1 is 1.64 bits per heavy atom. The summed E-state index contributed by atoms with van der Waals surface area (Å²) in [5.74, 6) is -0.609. The zero-order valence-corrected chi connectivity index (χ0v) is 8.30. The van der Waals surface area contributed by atoms with Gasteiger partial charge in [-0.1, -0.05) is 0 Å². The Balaban J connectivity index is 2.34. The minimum Gasteiger partial charge on any atom is -0.352 e. The molecule has 0 spiro atoms. The van der Waals surface area contributed by atoms with Gasteiger partial charge in [0, 0.05) is 19.0 Å². The number of nitrogens with zero attached hydrogens (tertiary/aromatic N) is 1. The maximum Gasteiger partial charge on any atom is 0.225 e. The zero-order chi connectivity index (χ0) is 10.6. The van der Waals surface area contributed by atoms with Crippen molar-refractivity contribution in [3.05, 3.63) is 0 Å². The first-order chi connectivity index (χ1) is 6.53. The summed E-state index contributed by atoms with van der Waals surface area (Å²) in [6.45, 7) is 0.162. The minimum atomic E-state index is -3.50. The van der Waals surface area contributed by atoms with Gasteiger partial charge < -0.3 is 5.32 Å². The van der Waals surface area contributed by atoms with Crippen LogP contribution in [-0.2, 0) is 14.8 Å². The second kappa shape index (κ2) is 4.39. The van der Waals surface area contributed by atoms with Crippen LogP contribution in [0.15, 0.2) is 0 Å². The molecule has 1 amide bonds. The number of carbonyl (C=O) groups is 1. The summed E-state index contributed by atoms with van der Waals surface area (Å²) in [5, 5.41) is 10.8. The lowest BCUT2D eigenvalue weighted by atomic mass is 10.2. The molecule has 78 valence electrons. The summed E-state index contributed by atoms with van der Waals surface area (Å²) in [6.07, 6.45) is 1.07. The first-order valence-electron chi connectivity index (χ1n) is 4.17. The Morgan fingerprint density at radius 2 is 2.36 bits per heavy atom. The molecule has 6 nitrogen and oxygen atoms in total. The van der Waals surface area contributed by atoms with Gasteiger partial charge in [0.1, 0.15) is 0 Å². The number of sulfonamides is 1. The van der Waals surface area contributed by atoms with Gasteiger partial charge in [0.25, 0.3) is 0 Å². The molecule has 0 aromatic rings. The van der Waals surface area contributed by atoms with Crippen LogP contribution in [0.5, 0.6) is 0 Å². The number of carbonyl (C=O) groups excluding carboxylic acids is 1. The Bertz CT molecular complexity index is 357. The minimum absolute atomic E-state index is 0.0607. The highest BCUT2D eigenvalue weighted by molar-refractivity contribution is 7.89. The van der Waals surface area contributed by atoms with E-state index in [0.717, 1.165) is 0 Å². The molecule has 1 atom stereocenters. The van der Waals surface area contributed by atoms with Gasteiger partial charge in [-0.15, -0.1) is 0 Å². The predicted molar refractivity (Wildman–Crippen MR) is 48.6 cm³/mol. The third-order valence-electron chi connectivity index (χ3n) is 1.89. The van der Waals surface area contributed by atoms with Crippen LogP contribution in [-0.4, -0.2) is 32.7 Å². The number of nitrogens with one attached hydrogen (secondary N) is 2. The van der Waals surface area contributed by atoms with Gasteiger partial charge in [-0.2, -0.15) is 5.26 Å². The lowest BCUT2D eigenvalue weighted by molar-refractivity contribution is -0.119. The average molecular weight is 217 g/mol. The topological polar surface area (TPSA) is 99.1 Å². The van der Waals surface area contributed by atoms with E-state index < -0.39 is 15.8 Å². The molecule has 0 bridgehead atoms. The summed E-state index contributed by atoms with van der Waals surface area (Å²) in [5.41, 5.74) is 0. The molecule has 0 aromatic carbocycles. The fourth-order valence-electron chi connectivity index (χ4n) is 1.19. The number of rotatable bonds is 4. The monoisotopic (exact) mass is 217 g/mol. The van der Waals surface area contributed by atoms with Crippen LogP contribution >= 0.6 is 0 Å².